The summed E-state index contributed by atoms with van der Waals surface area (Å²) in [7, 11) is 0. The van der Waals surface area contributed by atoms with Gasteiger partial charge in [-0.05, 0) is 24.5 Å². The summed E-state index contributed by atoms with van der Waals surface area (Å²) in [6, 6.07) is 3.66. The number of halogens is 3. The molecule has 1 aliphatic heterocycles. The number of carbonyl (C=O) groups excluding carboxylic acids is 2. The van der Waals surface area contributed by atoms with E-state index in [0.29, 0.717) is 13.0 Å². The van der Waals surface area contributed by atoms with Crippen LogP contribution in [0.3, 0.4) is 0 Å². The van der Waals surface area contributed by atoms with E-state index in [4.69, 9.17) is 10.5 Å². The van der Waals surface area contributed by atoms with Gasteiger partial charge >= 0.3 is 6.18 Å². The molecule has 0 aromatic heterocycles. The Morgan fingerprint density at radius 2 is 2.04 bits per heavy atom. The van der Waals surface area contributed by atoms with Crippen LogP contribution in [0.4, 0.5) is 13.2 Å². The fraction of sp³-hybridized carbons (Fsp3) is 0.467. The molecule has 0 bridgehead atoms. The van der Waals surface area contributed by atoms with Gasteiger partial charge in [0.2, 0.25) is 11.8 Å². The lowest BCUT2D eigenvalue weighted by Crippen LogP contribution is -2.49. The van der Waals surface area contributed by atoms with Crippen molar-refractivity contribution in [1.29, 1.82) is 0 Å². The normalized spacial score (nSPS) is 19.3. The monoisotopic (exact) mass is 330 g/mol. The van der Waals surface area contributed by atoms with Crippen LogP contribution in [0.15, 0.2) is 24.3 Å². The van der Waals surface area contributed by atoms with Gasteiger partial charge in [0, 0.05) is 13.0 Å². The van der Waals surface area contributed by atoms with E-state index >= 15 is 0 Å². The van der Waals surface area contributed by atoms with E-state index in [1.807, 2.05) is 0 Å². The van der Waals surface area contributed by atoms with E-state index in [-0.39, 0.29) is 12.0 Å². The highest BCUT2D eigenvalue weighted by Gasteiger charge is 2.34. The van der Waals surface area contributed by atoms with Crippen LogP contribution in [0, 0.1) is 0 Å². The number of hydrogen-bond donors (Lipinski definition) is 2. The lowest BCUT2D eigenvalue weighted by atomic mass is 9.99. The Hall–Kier alpha value is -2.09. The molecule has 0 aliphatic carbocycles. The number of primary amides is 1. The van der Waals surface area contributed by atoms with Gasteiger partial charge in [-0.2, -0.15) is 13.2 Å². The van der Waals surface area contributed by atoms with Crippen LogP contribution in [-0.2, 0) is 26.9 Å². The summed E-state index contributed by atoms with van der Waals surface area (Å²) in [6.45, 7) is 0.441. The number of nitrogens with one attached hydrogen (secondary N) is 1. The summed E-state index contributed by atoms with van der Waals surface area (Å²) in [5.41, 5.74) is 4.26. The summed E-state index contributed by atoms with van der Waals surface area (Å²) in [4.78, 5) is 23.5. The molecule has 1 aliphatic rings. The fourth-order valence-electron chi connectivity index (χ4n) is 2.47. The van der Waals surface area contributed by atoms with Crippen LogP contribution in [0.5, 0.6) is 0 Å². The quantitative estimate of drug-likeness (QED) is 0.856. The van der Waals surface area contributed by atoms with Gasteiger partial charge in [0.05, 0.1) is 5.56 Å². The molecule has 1 saturated heterocycles. The summed E-state index contributed by atoms with van der Waals surface area (Å²) in [5.74, 6) is -1.43. The average Bonchev–Trinajstić information content (AvgIpc) is 3.00. The van der Waals surface area contributed by atoms with Crippen molar-refractivity contribution in [2.24, 2.45) is 5.73 Å². The molecule has 2 amide bonds. The van der Waals surface area contributed by atoms with E-state index in [1.54, 1.807) is 0 Å². The first kappa shape index (κ1) is 17.3. The SMILES string of the molecule is NC(=O)[C@H](Cc1ccccc1C(F)(F)F)NC(=O)[C@H]1CCCO1. The van der Waals surface area contributed by atoms with Crippen LogP contribution in [-0.4, -0.2) is 30.6 Å². The van der Waals surface area contributed by atoms with E-state index < -0.39 is 35.7 Å². The van der Waals surface area contributed by atoms with Crippen molar-refractivity contribution < 1.29 is 27.5 Å². The van der Waals surface area contributed by atoms with Crippen molar-refractivity contribution in [2.75, 3.05) is 6.61 Å². The van der Waals surface area contributed by atoms with E-state index in [9.17, 15) is 22.8 Å². The number of rotatable bonds is 5. The minimum Gasteiger partial charge on any atom is -0.368 e. The summed E-state index contributed by atoms with van der Waals surface area (Å²) in [6.07, 6.45) is -4.33. The van der Waals surface area contributed by atoms with Crippen LogP contribution in [0.1, 0.15) is 24.0 Å². The predicted octanol–water partition coefficient (Wildman–Crippen LogP) is 1.40. The minimum absolute atomic E-state index is 0.101. The molecule has 0 saturated carbocycles. The highest BCUT2D eigenvalue weighted by atomic mass is 19.4. The second-order valence-electron chi connectivity index (χ2n) is 5.32. The van der Waals surface area contributed by atoms with E-state index in [1.165, 1.54) is 18.2 Å². The van der Waals surface area contributed by atoms with Crippen molar-refractivity contribution in [3.63, 3.8) is 0 Å². The van der Waals surface area contributed by atoms with Crippen LogP contribution in [0.25, 0.3) is 0 Å². The van der Waals surface area contributed by atoms with Crippen LogP contribution >= 0.6 is 0 Å². The largest absolute Gasteiger partial charge is 0.416 e. The lowest BCUT2D eigenvalue weighted by Gasteiger charge is -2.20. The third-order valence-electron chi connectivity index (χ3n) is 3.63. The fourth-order valence-corrected chi connectivity index (χ4v) is 2.47. The third-order valence-corrected chi connectivity index (χ3v) is 3.63. The molecule has 1 heterocycles. The second kappa shape index (κ2) is 6.99. The van der Waals surface area contributed by atoms with Gasteiger partial charge in [-0.3, -0.25) is 9.59 Å². The Bertz CT molecular complexity index is 584. The molecule has 1 fully saturated rings. The van der Waals surface area contributed by atoms with Gasteiger partial charge in [-0.1, -0.05) is 18.2 Å². The maximum atomic E-state index is 13.0. The lowest BCUT2D eigenvalue weighted by molar-refractivity contribution is -0.138. The Kier molecular flexibility index (Phi) is 5.25. The molecule has 5 nitrogen and oxygen atoms in total. The average molecular weight is 330 g/mol. The molecule has 2 rings (SSSR count). The molecule has 3 N–H and O–H groups in total. The number of carbonyl (C=O) groups is 2. The Morgan fingerprint density at radius 1 is 1.35 bits per heavy atom. The molecule has 2 atom stereocenters. The molecule has 1 aromatic carbocycles. The number of alkyl halides is 3. The van der Waals surface area contributed by atoms with Crippen molar-refractivity contribution >= 4 is 11.8 Å². The van der Waals surface area contributed by atoms with Crippen molar-refractivity contribution in [3.8, 4) is 0 Å². The van der Waals surface area contributed by atoms with Gasteiger partial charge in [-0.25, -0.2) is 0 Å². The first-order valence-corrected chi connectivity index (χ1v) is 7.15. The van der Waals surface area contributed by atoms with Gasteiger partial charge in [-0.15, -0.1) is 0 Å². The summed E-state index contributed by atoms with van der Waals surface area (Å²) < 4.78 is 44.1. The van der Waals surface area contributed by atoms with Crippen molar-refractivity contribution in [2.45, 2.75) is 37.6 Å². The first-order valence-electron chi connectivity index (χ1n) is 7.15. The zero-order valence-corrected chi connectivity index (χ0v) is 12.2. The van der Waals surface area contributed by atoms with Gasteiger partial charge in [0.25, 0.3) is 0 Å². The second-order valence-corrected chi connectivity index (χ2v) is 5.32. The molecular formula is C15H17F3N2O3. The smallest absolute Gasteiger partial charge is 0.368 e. The maximum absolute atomic E-state index is 13.0. The molecule has 0 spiro atoms. The number of hydrogen-bond acceptors (Lipinski definition) is 3. The Balaban J connectivity index is 2.14. The molecule has 1 aromatic rings. The molecule has 126 valence electrons. The van der Waals surface area contributed by atoms with Crippen LogP contribution < -0.4 is 11.1 Å². The topological polar surface area (TPSA) is 81.4 Å². The highest BCUT2D eigenvalue weighted by molar-refractivity contribution is 5.88. The molecule has 0 radical (unpaired) electrons. The number of amides is 2. The summed E-state index contributed by atoms with van der Waals surface area (Å²) >= 11 is 0. The van der Waals surface area contributed by atoms with Gasteiger partial charge < -0.3 is 15.8 Å². The van der Waals surface area contributed by atoms with Crippen molar-refractivity contribution in [3.05, 3.63) is 35.4 Å². The first-order chi connectivity index (χ1) is 10.8. The number of nitrogens with two attached hydrogens (primary N) is 1. The third kappa shape index (κ3) is 4.44. The standard InChI is InChI=1S/C15H17F3N2O3/c16-15(17,18)10-5-2-1-4-9(10)8-11(13(19)21)20-14(22)12-6-3-7-23-12/h1-2,4-5,11-12H,3,6-8H2,(H2,19,21)(H,20,22)/t11-,12+/m0/s1. The summed E-state index contributed by atoms with van der Waals surface area (Å²) in [5, 5.41) is 2.38. The van der Waals surface area contributed by atoms with E-state index in [2.05, 4.69) is 5.32 Å². The van der Waals surface area contributed by atoms with Crippen LogP contribution in [0.2, 0.25) is 0 Å². The Morgan fingerprint density at radius 3 is 2.61 bits per heavy atom. The maximum Gasteiger partial charge on any atom is 0.416 e. The van der Waals surface area contributed by atoms with Gasteiger partial charge in [0.1, 0.15) is 12.1 Å². The molecule has 0 unspecified atom stereocenters. The minimum atomic E-state index is -4.54. The number of ether oxygens (including phenoxy) is 1. The molecule has 23 heavy (non-hydrogen) atoms. The Labute approximate surface area is 131 Å². The zero-order chi connectivity index (χ0) is 17.0. The number of benzene rings is 1. The van der Waals surface area contributed by atoms with E-state index in [0.717, 1.165) is 12.5 Å². The molecular weight excluding hydrogens is 313 g/mol. The van der Waals surface area contributed by atoms with Gasteiger partial charge in [0.15, 0.2) is 0 Å². The highest BCUT2D eigenvalue weighted by Crippen LogP contribution is 2.32. The zero-order valence-electron chi connectivity index (χ0n) is 12.2. The predicted molar refractivity (Wildman–Crippen MR) is 75.2 cm³/mol. The van der Waals surface area contributed by atoms with Crippen molar-refractivity contribution in [1.82, 2.24) is 5.32 Å². The molecule has 8 heteroatoms.